The largest absolute Gasteiger partial charge is 0.496 e. The summed E-state index contributed by atoms with van der Waals surface area (Å²) in [5, 5.41) is 0. The van der Waals surface area contributed by atoms with Crippen LogP contribution in [0.3, 0.4) is 0 Å². The fourth-order valence-corrected chi connectivity index (χ4v) is 2.09. The summed E-state index contributed by atoms with van der Waals surface area (Å²) in [7, 11) is 1.72. The van der Waals surface area contributed by atoms with Crippen molar-refractivity contribution in [2.24, 2.45) is 11.1 Å². The first-order chi connectivity index (χ1) is 7.39. The van der Waals surface area contributed by atoms with Gasteiger partial charge in [-0.05, 0) is 48.9 Å². The Morgan fingerprint density at radius 1 is 1.19 bits per heavy atom. The fourth-order valence-electron chi connectivity index (χ4n) is 2.09. The van der Waals surface area contributed by atoms with Crippen LogP contribution in [0.2, 0.25) is 0 Å². The van der Waals surface area contributed by atoms with E-state index in [0.29, 0.717) is 6.54 Å². The SMILES string of the molecule is COc1c(C)cc(CC(C)(C)CN)cc1C. The Balaban J connectivity index is 3.00. The van der Waals surface area contributed by atoms with E-state index in [4.69, 9.17) is 10.5 Å². The predicted octanol–water partition coefficient (Wildman–Crippen LogP) is 2.84. The lowest BCUT2D eigenvalue weighted by Crippen LogP contribution is -2.26. The van der Waals surface area contributed by atoms with Crippen LogP contribution in [0.5, 0.6) is 5.75 Å². The normalized spacial score (nSPS) is 11.6. The number of aryl methyl sites for hydroxylation is 2. The highest BCUT2D eigenvalue weighted by atomic mass is 16.5. The van der Waals surface area contributed by atoms with E-state index in [1.807, 2.05) is 0 Å². The maximum absolute atomic E-state index is 5.76. The van der Waals surface area contributed by atoms with Crippen LogP contribution in [0, 0.1) is 19.3 Å². The average Bonchev–Trinajstić information content (AvgIpc) is 2.16. The summed E-state index contributed by atoms with van der Waals surface area (Å²) in [4.78, 5) is 0. The Kier molecular flexibility index (Phi) is 3.98. The van der Waals surface area contributed by atoms with Gasteiger partial charge in [0.25, 0.3) is 0 Å². The van der Waals surface area contributed by atoms with Crippen LogP contribution in [-0.4, -0.2) is 13.7 Å². The molecule has 0 aliphatic rings. The minimum Gasteiger partial charge on any atom is -0.496 e. The standard InChI is InChI=1S/C14H23NO/c1-10-6-12(8-14(3,4)9-15)7-11(2)13(10)16-5/h6-7H,8-9,15H2,1-5H3. The van der Waals surface area contributed by atoms with Gasteiger partial charge in [-0.3, -0.25) is 0 Å². The summed E-state index contributed by atoms with van der Waals surface area (Å²) in [5.41, 5.74) is 9.66. The van der Waals surface area contributed by atoms with Gasteiger partial charge in [-0.2, -0.15) is 0 Å². The van der Waals surface area contributed by atoms with Crippen molar-refractivity contribution in [1.82, 2.24) is 0 Å². The number of nitrogens with two attached hydrogens (primary N) is 1. The van der Waals surface area contributed by atoms with Crippen molar-refractivity contribution in [1.29, 1.82) is 0 Å². The zero-order chi connectivity index (χ0) is 12.3. The molecule has 0 aliphatic carbocycles. The molecule has 0 atom stereocenters. The third-order valence-corrected chi connectivity index (χ3v) is 2.96. The molecule has 90 valence electrons. The Hall–Kier alpha value is -1.02. The molecule has 0 radical (unpaired) electrons. The minimum absolute atomic E-state index is 0.160. The smallest absolute Gasteiger partial charge is 0.124 e. The van der Waals surface area contributed by atoms with E-state index in [0.717, 1.165) is 12.2 Å². The van der Waals surface area contributed by atoms with Crippen LogP contribution in [0.1, 0.15) is 30.5 Å². The molecule has 0 fully saturated rings. The number of hydrogen-bond donors (Lipinski definition) is 1. The lowest BCUT2D eigenvalue weighted by Gasteiger charge is -2.23. The van der Waals surface area contributed by atoms with Gasteiger partial charge in [0.15, 0.2) is 0 Å². The molecule has 1 aromatic carbocycles. The van der Waals surface area contributed by atoms with E-state index in [2.05, 4.69) is 39.8 Å². The van der Waals surface area contributed by atoms with Crippen LogP contribution in [0.25, 0.3) is 0 Å². The summed E-state index contributed by atoms with van der Waals surface area (Å²) in [6, 6.07) is 4.40. The molecule has 16 heavy (non-hydrogen) atoms. The van der Waals surface area contributed by atoms with E-state index in [-0.39, 0.29) is 5.41 Å². The van der Waals surface area contributed by atoms with E-state index in [1.54, 1.807) is 7.11 Å². The van der Waals surface area contributed by atoms with Gasteiger partial charge >= 0.3 is 0 Å². The first kappa shape index (κ1) is 13.0. The molecule has 0 unspecified atom stereocenters. The molecule has 1 aromatic rings. The first-order valence-electron chi connectivity index (χ1n) is 5.74. The molecule has 0 saturated carbocycles. The second kappa shape index (κ2) is 4.88. The fraction of sp³-hybridized carbons (Fsp3) is 0.571. The van der Waals surface area contributed by atoms with Gasteiger partial charge in [-0.15, -0.1) is 0 Å². The zero-order valence-corrected chi connectivity index (χ0v) is 11.1. The maximum Gasteiger partial charge on any atom is 0.124 e. The van der Waals surface area contributed by atoms with Crippen molar-refractivity contribution in [3.63, 3.8) is 0 Å². The van der Waals surface area contributed by atoms with Crippen molar-refractivity contribution in [2.45, 2.75) is 34.1 Å². The lowest BCUT2D eigenvalue weighted by molar-refractivity contribution is 0.375. The number of rotatable bonds is 4. The number of hydrogen-bond acceptors (Lipinski definition) is 2. The quantitative estimate of drug-likeness (QED) is 0.848. The lowest BCUT2D eigenvalue weighted by atomic mass is 9.85. The zero-order valence-electron chi connectivity index (χ0n) is 11.1. The van der Waals surface area contributed by atoms with Crippen molar-refractivity contribution in [3.05, 3.63) is 28.8 Å². The molecular formula is C14H23NO. The number of benzene rings is 1. The van der Waals surface area contributed by atoms with Gasteiger partial charge in [0.1, 0.15) is 5.75 Å². The van der Waals surface area contributed by atoms with Gasteiger partial charge in [-0.25, -0.2) is 0 Å². The number of ether oxygens (including phenoxy) is 1. The molecule has 1 rings (SSSR count). The summed E-state index contributed by atoms with van der Waals surface area (Å²) in [6.45, 7) is 9.27. The highest BCUT2D eigenvalue weighted by molar-refractivity contribution is 5.43. The van der Waals surface area contributed by atoms with Gasteiger partial charge < -0.3 is 10.5 Å². The molecule has 0 aliphatic heterocycles. The summed E-state index contributed by atoms with van der Waals surface area (Å²) in [6.07, 6.45) is 1.01. The second-order valence-electron chi connectivity index (χ2n) is 5.31. The highest BCUT2D eigenvalue weighted by Crippen LogP contribution is 2.28. The van der Waals surface area contributed by atoms with Gasteiger partial charge in [0.2, 0.25) is 0 Å². The molecule has 0 aromatic heterocycles. The van der Waals surface area contributed by atoms with Crippen LogP contribution in [0.15, 0.2) is 12.1 Å². The van der Waals surface area contributed by atoms with E-state index >= 15 is 0 Å². The maximum atomic E-state index is 5.76. The Bertz CT molecular complexity index is 346. The van der Waals surface area contributed by atoms with Crippen LogP contribution < -0.4 is 10.5 Å². The summed E-state index contributed by atoms with van der Waals surface area (Å²) < 4.78 is 5.36. The van der Waals surface area contributed by atoms with Crippen molar-refractivity contribution < 1.29 is 4.74 Å². The molecular weight excluding hydrogens is 198 g/mol. The molecule has 0 heterocycles. The van der Waals surface area contributed by atoms with E-state index < -0.39 is 0 Å². The topological polar surface area (TPSA) is 35.2 Å². The summed E-state index contributed by atoms with van der Waals surface area (Å²) in [5.74, 6) is 0.995. The molecule has 2 N–H and O–H groups in total. The van der Waals surface area contributed by atoms with Crippen LogP contribution >= 0.6 is 0 Å². The Labute approximate surface area is 98.8 Å². The third-order valence-electron chi connectivity index (χ3n) is 2.96. The van der Waals surface area contributed by atoms with Gasteiger partial charge in [0, 0.05) is 0 Å². The Morgan fingerprint density at radius 3 is 2.06 bits per heavy atom. The number of methoxy groups -OCH3 is 1. The molecule has 0 bridgehead atoms. The molecule has 2 nitrogen and oxygen atoms in total. The second-order valence-corrected chi connectivity index (χ2v) is 5.31. The van der Waals surface area contributed by atoms with Crippen molar-refractivity contribution >= 4 is 0 Å². The average molecular weight is 221 g/mol. The van der Waals surface area contributed by atoms with Gasteiger partial charge in [-0.1, -0.05) is 26.0 Å². The third kappa shape index (κ3) is 2.99. The predicted molar refractivity (Wildman–Crippen MR) is 69.0 cm³/mol. The molecule has 0 saturated heterocycles. The van der Waals surface area contributed by atoms with E-state index in [1.165, 1.54) is 16.7 Å². The molecule has 0 amide bonds. The van der Waals surface area contributed by atoms with Gasteiger partial charge in [0.05, 0.1) is 7.11 Å². The summed E-state index contributed by atoms with van der Waals surface area (Å²) >= 11 is 0. The van der Waals surface area contributed by atoms with Crippen molar-refractivity contribution in [2.75, 3.05) is 13.7 Å². The molecule has 0 spiro atoms. The van der Waals surface area contributed by atoms with Crippen LogP contribution in [0.4, 0.5) is 0 Å². The van der Waals surface area contributed by atoms with Crippen molar-refractivity contribution in [3.8, 4) is 5.75 Å². The molecule has 2 heteroatoms. The highest BCUT2D eigenvalue weighted by Gasteiger charge is 2.17. The monoisotopic (exact) mass is 221 g/mol. The Morgan fingerprint density at radius 2 is 1.69 bits per heavy atom. The van der Waals surface area contributed by atoms with Crippen LogP contribution in [-0.2, 0) is 6.42 Å². The first-order valence-corrected chi connectivity index (χ1v) is 5.74. The van der Waals surface area contributed by atoms with E-state index in [9.17, 15) is 0 Å². The minimum atomic E-state index is 0.160.